The molecular formula is C11H17Cl2N3O. The van der Waals surface area contributed by atoms with Crippen molar-refractivity contribution in [3.8, 4) is 0 Å². The summed E-state index contributed by atoms with van der Waals surface area (Å²) in [4.78, 5) is 15.6. The zero-order valence-electron chi connectivity index (χ0n) is 9.39. The third-order valence-electron chi connectivity index (χ3n) is 2.57. The summed E-state index contributed by atoms with van der Waals surface area (Å²) in [5, 5.41) is 6.27. The second kappa shape index (κ2) is 8.28. The SMILES string of the molecule is Cl.Cl.O=C(NC1CCCNC1)c1ccncc1. The highest BCUT2D eigenvalue weighted by molar-refractivity contribution is 5.94. The van der Waals surface area contributed by atoms with Crippen LogP contribution in [0, 0.1) is 0 Å². The molecule has 1 aliphatic heterocycles. The molecule has 1 aromatic rings. The lowest BCUT2D eigenvalue weighted by molar-refractivity contribution is 0.0930. The highest BCUT2D eigenvalue weighted by Crippen LogP contribution is 2.03. The lowest BCUT2D eigenvalue weighted by atomic mass is 10.1. The van der Waals surface area contributed by atoms with E-state index in [0.29, 0.717) is 5.56 Å². The maximum atomic E-state index is 11.7. The Bertz CT molecular complexity index is 329. The summed E-state index contributed by atoms with van der Waals surface area (Å²) in [5.74, 6) is -0.00824. The van der Waals surface area contributed by atoms with Gasteiger partial charge in [-0.25, -0.2) is 0 Å². The average molecular weight is 278 g/mol. The number of nitrogens with one attached hydrogen (secondary N) is 2. The molecule has 1 atom stereocenters. The van der Waals surface area contributed by atoms with Gasteiger partial charge in [0, 0.05) is 30.5 Å². The fourth-order valence-corrected chi connectivity index (χ4v) is 1.75. The second-order valence-electron chi connectivity index (χ2n) is 3.75. The highest BCUT2D eigenvalue weighted by Gasteiger charge is 2.15. The Morgan fingerprint density at radius 3 is 2.65 bits per heavy atom. The number of carbonyl (C=O) groups excluding carboxylic acids is 1. The maximum Gasteiger partial charge on any atom is 0.251 e. The van der Waals surface area contributed by atoms with Gasteiger partial charge in [-0.15, -0.1) is 24.8 Å². The van der Waals surface area contributed by atoms with E-state index in [1.807, 2.05) is 0 Å². The normalized spacial score (nSPS) is 18.5. The van der Waals surface area contributed by atoms with Crippen LogP contribution in [0.15, 0.2) is 24.5 Å². The van der Waals surface area contributed by atoms with E-state index in [2.05, 4.69) is 15.6 Å². The van der Waals surface area contributed by atoms with Gasteiger partial charge in [-0.2, -0.15) is 0 Å². The van der Waals surface area contributed by atoms with Gasteiger partial charge in [0.1, 0.15) is 0 Å². The zero-order valence-corrected chi connectivity index (χ0v) is 11.0. The minimum Gasteiger partial charge on any atom is -0.348 e. The van der Waals surface area contributed by atoms with Crippen molar-refractivity contribution in [2.45, 2.75) is 18.9 Å². The monoisotopic (exact) mass is 277 g/mol. The van der Waals surface area contributed by atoms with Crippen LogP contribution >= 0.6 is 24.8 Å². The number of aromatic nitrogens is 1. The molecule has 1 aliphatic rings. The lowest BCUT2D eigenvalue weighted by Gasteiger charge is -2.23. The first-order valence-corrected chi connectivity index (χ1v) is 5.28. The summed E-state index contributed by atoms with van der Waals surface area (Å²) in [7, 11) is 0. The highest BCUT2D eigenvalue weighted by atomic mass is 35.5. The van der Waals surface area contributed by atoms with Gasteiger partial charge in [0.25, 0.3) is 5.91 Å². The Labute approximate surface area is 113 Å². The van der Waals surface area contributed by atoms with Crippen LogP contribution in [-0.2, 0) is 0 Å². The molecule has 0 bridgehead atoms. The summed E-state index contributed by atoms with van der Waals surface area (Å²) < 4.78 is 0. The molecule has 1 saturated heterocycles. The topological polar surface area (TPSA) is 54.0 Å². The van der Waals surface area contributed by atoms with E-state index in [1.54, 1.807) is 24.5 Å². The second-order valence-corrected chi connectivity index (χ2v) is 3.75. The number of hydrogen-bond donors (Lipinski definition) is 2. The quantitative estimate of drug-likeness (QED) is 0.860. The van der Waals surface area contributed by atoms with Crippen LogP contribution in [0.1, 0.15) is 23.2 Å². The molecule has 6 heteroatoms. The largest absolute Gasteiger partial charge is 0.348 e. The molecule has 1 amide bonds. The third kappa shape index (κ3) is 4.89. The summed E-state index contributed by atoms with van der Waals surface area (Å²) in [5.41, 5.74) is 0.676. The molecule has 0 radical (unpaired) electrons. The Hall–Kier alpha value is -0.840. The Morgan fingerprint density at radius 1 is 1.35 bits per heavy atom. The van der Waals surface area contributed by atoms with Gasteiger partial charge >= 0.3 is 0 Å². The van der Waals surface area contributed by atoms with E-state index in [4.69, 9.17) is 0 Å². The molecule has 4 nitrogen and oxygen atoms in total. The van der Waals surface area contributed by atoms with E-state index in [-0.39, 0.29) is 36.8 Å². The van der Waals surface area contributed by atoms with Gasteiger partial charge in [0.05, 0.1) is 0 Å². The van der Waals surface area contributed by atoms with Crippen LogP contribution in [0.3, 0.4) is 0 Å². The predicted molar refractivity (Wildman–Crippen MR) is 72.1 cm³/mol. The summed E-state index contributed by atoms with van der Waals surface area (Å²) in [6.07, 6.45) is 5.45. The molecular weight excluding hydrogens is 261 g/mol. The van der Waals surface area contributed by atoms with Crippen LogP contribution < -0.4 is 10.6 Å². The molecule has 0 aromatic carbocycles. The van der Waals surface area contributed by atoms with Gasteiger partial charge in [0.15, 0.2) is 0 Å². The van der Waals surface area contributed by atoms with E-state index >= 15 is 0 Å². The van der Waals surface area contributed by atoms with Gasteiger partial charge in [-0.1, -0.05) is 0 Å². The fourth-order valence-electron chi connectivity index (χ4n) is 1.75. The molecule has 2 heterocycles. The predicted octanol–water partition coefficient (Wildman–Crippen LogP) is 1.41. The number of amides is 1. The number of halogens is 2. The van der Waals surface area contributed by atoms with Crippen molar-refractivity contribution in [1.29, 1.82) is 0 Å². The molecule has 17 heavy (non-hydrogen) atoms. The molecule has 1 fully saturated rings. The molecule has 2 rings (SSSR count). The molecule has 0 aliphatic carbocycles. The van der Waals surface area contributed by atoms with Crippen molar-refractivity contribution >= 4 is 30.7 Å². The summed E-state index contributed by atoms with van der Waals surface area (Å²) >= 11 is 0. The first kappa shape index (κ1) is 16.2. The van der Waals surface area contributed by atoms with Crippen LogP contribution in [0.25, 0.3) is 0 Å². The minimum atomic E-state index is -0.00824. The maximum absolute atomic E-state index is 11.7. The van der Waals surface area contributed by atoms with Crippen molar-refractivity contribution in [2.24, 2.45) is 0 Å². The fraction of sp³-hybridized carbons (Fsp3) is 0.455. The van der Waals surface area contributed by atoms with Crippen molar-refractivity contribution < 1.29 is 4.79 Å². The van der Waals surface area contributed by atoms with Crippen LogP contribution in [0.4, 0.5) is 0 Å². The molecule has 96 valence electrons. The van der Waals surface area contributed by atoms with Gasteiger partial charge < -0.3 is 10.6 Å². The Morgan fingerprint density at radius 2 is 2.06 bits per heavy atom. The van der Waals surface area contributed by atoms with Gasteiger partial charge in [-0.05, 0) is 31.5 Å². The molecule has 0 saturated carbocycles. The third-order valence-corrected chi connectivity index (χ3v) is 2.57. The molecule has 0 spiro atoms. The van der Waals surface area contributed by atoms with Gasteiger partial charge in [0.2, 0.25) is 0 Å². The van der Waals surface area contributed by atoms with E-state index in [0.717, 1.165) is 25.9 Å². The van der Waals surface area contributed by atoms with Crippen molar-refractivity contribution in [2.75, 3.05) is 13.1 Å². The first-order valence-electron chi connectivity index (χ1n) is 5.28. The van der Waals surface area contributed by atoms with E-state index in [9.17, 15) is 4.79 Å². The van der Waals surface area contributed by atoms with Gasteiger partial charge in [-0.3, -0.25) is 9.78 Å². The minimum absolute atomic E-state index is 0. The lowest BCUT2D eigenvalue weighted by Crippen LogP contribution is -2.45. The number of piperidine rings is 1. The van der Waals surface area contributed by atoms with Crippen LogP contribution in [0.2, 0.25) is 0 Å². The van der Waals surface area contributed by atoms with E-state index < -0.39 is 0 Å². The average Bonchev–Trinajstić information content (AvgIpc) is 2.31. The summed E-state index contributed by atoms with van der Waals surface area (Å²) in [6, 6.07) is 3.72. The molecule has 1 aromatic heterocycles. The number of nitrogens with zero attached hydrogens (tertiary/aromatic N) is 1. The Balaban J connectivity index is 0.00000128. The van der Waals surface area contributed by atoms with Crippen molar-refractivity contribution in [3.63, 3.8) is 0 Å². The standard InChI is InChI=1S/C11H15N3O.2ClH/c15-11(9-3-6-12-7-4-9)14-10-2-1-5-13-8-10;;/h3-4,6-7,10,13H,1-2,5,8H2,(H,14,15);2*1H. The molecule has 2 N–H and O–H groups in total. The van der Waals surface area contributed by atoms with Crippen molar-refractivity contribution in [3.05, 3.63) is 30.1 Å². The molecule has 1 unspecified atom stereocenters. The van der Waals surface area contributed by atoms with Crippen LogP contribution in [-0.4, -0.2) is 30.0 Å². The smallest absolute Gasteiger partial charge is 0.251 e. The Kier molecular flexibility index (Phi) is 7.87. The van der Waals surface area contributed by atoms with Crippen LogP contribution in [0.5, 0.6) is 0 Å². The number of pyridine rings is 1. The number of rotatable bonds is 2. The number of carbonyl (C=O) groups is 1. The van der Waals surface area contributed by atoms with Crippen molar-refractivity contribution in [1.82, 2.24) is 15.6 Å². The zero-order chi connectivity index (χ0) is 10.5. The van der Waals surface area contributed by atoms with E-state index in [1.165, 1.54) is 0 Å². The summed E-state index contributed by atoms with van der Waals surface area (Å²) in [6.45, 7) is 1.93. The first-order chi connectivity index (χ1) is 7.36. The number of hydrogen-bond acceptors (Lipinski definition) is 3.